The van der Waals surface area contributed by atoms with Crippen LogP contribution >= 0.6 is 0 Å². The van der Waals surface area contributed by atoms with Crippen LogP contribution in [0.2, 0.25) is 0 Å². The maximum atomic E-state index is 12.2. The highest BCUT2D eigenvalue weighted by Crippen LogP contribution is 2.28. The SMILES string of the molecule is C/C=C\c1ccc(OCC(=O)O[C@H](C)C(=O)N2CCOCC2)c(OC)c1. The van der Waals surface area contributed by atoms with Gasteiger partial charge >= 0.3 is 5.97 Å². The molecule has 7 nitrogen and oxygen atoms in total. The summed E-state index contributed by atoms with van der Waals surface area (Å²) in [5.41, 5.74) is 0.962. The first kappa shape index (κ1) is 19.8. The Kier molecular flexibility index (Phi) is 7.47. The summed E-state index contributed by atoms with van der Waals surface area (Å²) in [5, 5.41) is 0. The van der Waals surface area contributed by atoms with E-state index in [1.165, 1.54) is 7.11 Å². The molecule has 1 fully saturated rings. The first-order chi connectivity index (χ1) is 12.5. The van der Waals surface area contributed by atoms with Gasteiger partial charge in [-0.3, -0.25) is 4.79 Å². The Labute approximate surface area is 153 Å². The molecule has 2 rings (SSSR count). The van der Waals surface area contributed by atoms with Gasteiger partial charge in [0.1, 0.15) is 0 Å². The highest BCUT2D eigenvalue weighted by molar-refractivity contribution is 5.83. The first-order valence-electron chi connectivity index (χ1n) is 8.54. The van der Waals surface area contributed by atoms with Crippen LogP contribution in [0.15, 0.2) is 24.3 Å². The zero-order valence-corrected chi connectivity index (χ0v) is 15.4. The second kappa shape index (κ2) is 9.82. The van der Waals surface area contributed by atoms with Crippen molar-refractivity contribution in [2.24, 2.45) is 0 Å². The number of morpholine rings is 1. The molecule has 0 radical (unpaired) electrons. The molecule has 1 aliphatic rings. The first-order valence-corrected chi connectivity index (χ1v) is 8.54. The third kappa shape index (κ3) is 5.49. The minimum Gasteiger partial charge on any atom is -0.493 e. The van der Waals surface area contributed by atoms with Crippen molar-refractivity contribution in [1.82, 2.24) is 4.90 Å². The second-order valence-corrected chi connectivity index (χ2v) is 5.77. The average Bonchev–Trinajstić information content (AvgIpc) is 2.67. The largest absolute Gasteiger partial charge is 0.493 e. The van der Waals surface area contributed by atoms with E-state index in [9.17, 15) is 9.59 Å². The maximum absolute atomic E-state index is 12.2. The highest BCUT2D eigenvalue weighted by atomic mass is 16.6. The van der Waals surface area contributed by atoms with E-state index in [2.05, 4.69) is 0 Å². The quantitative estimate of drug-likeness (QED) is 0.689. The number of methoxy groups -OCH3 is 1. The molecule has 0 spiro atoms. The van der Waals surface area contributed by atoms with Crippen molar-refractivity contribution in [1.29, 1.82) is 0 Å². The monoisotopic (exact) mass is 363 g/mol. The molecule has 0 aliphatic carbocycles. The molecule has 1 amide bonds. The molecule has 0 saturated carbocycles. The zero-order valence-electron chi connectivity index (χ0n) is 15.4. The summed E-state index contributed by atoms with van der Waals surface area (Å²) in [7, 11) is 1.53. The molecule has 0 aromatic heterocycles. The predicted molar refractivity (Wildman–Crippen MR) is 96.2 cm³/mol. The third-order valence-corrected chi connectivity index (χ3v) is 3.87. The minimum absolute atomic E-state index is 0.227. The fourth-order valence-electron chi connectivity index (χ4n) is 2.56. The summed E-state index contributed by atoms with van der Waals surface area (Å²) in [6.45, 7) is 5.19. The van der Waals surface area contributed by atoms with Gasteiger partial charge in [-0.25, -0.2) is 4.79 Å². The number of allylic oxidation sites excluding steroid dienone is 1. The van der Waals surface area contributed by atoms with Gasteiger partial charge in [0.05, 0.1) is 20.3 Å². The van der Waals surface area contributed by atoms with Gasteiger partial charge in [0.2, 0.25) is 0 Å². The van der Waals surface area contributed by atoms with Crippen LogP contribution in [0.4, 0.5) is 0 Å². The van der Waals surface area contributed by atoms with E-state index in [1.54, 1.807) is 17.9 Å². The summed E-state index contributed by atoms with van der Waals surface area (Å²) in [5.74, 6) is 0.115. The van der Waals surface area contributed by atoms with Gasteiger partial charge in [-0.1, -0.05) is 18.2 Å². The molecule has 7 heteroatoms. The highest BCUT2D eigenvalue weighted by Gasteiger charge is 2.25. The number of amides is 1. The number of nitrogens with zero attached hydrogens (tertiary/aromatic N) is 1. The topological polar surface area (TPSA) is 74.3 Å². The van der Waals surface area contributed by atoms with Crippen molar-refractivity contribution < 1.29 is 28.5 Å². The molecule has 1 atom stereocenters. The lowest BCUT2D eigenvalue weighted by atomic mass is 10.2. The molecule has 1 aromatic rings. The van der Waals surface area contributed by atoms with E-state index in [4.69, 9.17) is 18.9 Å². The number of carbonyl (C=O) groups is 2. The average molecular weight is 363 g/mol. The molecule has 0 bridgehead atoms. The minimum atomic E-state index is -0.858. The smallest absolute Gasteiger partial charge is 0.344 e. The van der Waals surface area contributed by atoms with Gasteiger partial charge < -0.3 is 23.8 Å². The number of carbonyl (C=O) groups excluding carboxylic acids is 2. The molecule has 26 heavy (non-hydrogen) atoms. The van der Waals surface area contributed by atoms with E-state index in [-0.39, 0.29) is 12.5 Å². The summed E-state index contributed by atoms with van der Waals surface area (Å²) < 4.78 is 21.1. The van der Waals surface area contributed by atoms with Gasteiger partial charge in [-0.2, -0.15) is 0 Å². The van der Waals surface area contributed by atoms with E-state index in [0.717, 1.165) is 5.56 Å². The summed E-state index contributed by atoms with van der Waals surface area (Å²) >= 11 is 0. The van der Waals surface area contributed by atoms with E-state index in [0.29, 0.717) is 37.8 Å². The van der Waals surface area contributed by atoms with Crippen LogP contribution in [-0.4, -0.2) is 62.9 Å². The number of rotatable bonds is 7. The molecule has 142 valence electrons. The molecular formula is C19H25NO6. The third-order valence-electron chi connectivity index (χ3n) is 3.87. The van der Waals surface area contributed by atoms with Crippen LogP contribution in [0.25, 0.3) is 6.08 Å². The van der Waals surface area contributed by atoms with Crippen molar-refractivity contribution in [3.8, 4) is 11.5 Å². The Morgan fingerprint density at radius 3 is 2.65 bits per heavy atom. The van der Waals surface area contributed by atoms with Crippen LogP contribution in [0.1, 0.15) is 19.4 Å². The van der Waals surface area contributed by atoms with Crippen LogP contribution in [-0.2, 0) is 19.1 Å². The Morgan fingerprint density at radius 2 is 2.00 bits per heavy atom. The molecule has 1 aliphatic heterocycles. The number of esters is 1. The Hall–Kier alpha value is -2.54. The molecule has 1 heterocycles. The number of ether oxygens (including phenoxy) is 4. The van der Waals surface area contributed by atoms with Gasteiger partial charge in [-0.05, 0) is 31.5 Å². The standard InChI is InChI=1S/C19H25NO6/c1-4-5-15-6-7-16(17(12-15)23-3)25-13-18(21)26-14(2)19(22)20-8-10-24-11-9-20/h4-7,12,14H,8-11,13H2,1-3H3/b5-4-/t14-/m1/s1. The van der Waals surface area contributed by atoms with Gasteiger partial charge in [-0.15, -0.1) is 0 Å². The maximum Gasteiger partial charge on any atom is 0.344 e. The fraction of sp³-hybridized carbons (Fsp3) is 0.474. The molecular weight excluding hydrogens is 338 g/mol. The van der Waals surface area contributed by atoms with E-state index < -0.39 is 12.1 Å². The van der Waals surface area contributed by atoms with Gasteiger partial charge in [0, 0.05) is 13.1 Å². The van der Waals surface area contributed by atoms with Crippen molar-refractivity contribution in [3.05, 3.63) is 29.8 Å². The Morgan fingerprint density at radius 1 is 1.27 bits per heavy atom. The van der Waals surface area contributed by atoms with Crippen molar-refractivity contribution in [3.63, 3.8) is 0 Å². The normalized spacial score (nSPS) is 15.6. The summed E-state index contributed by atoms with van der Waals surface area (Å²) in [6.07, 6.45) is 2.99. The zero-order chi connectivity index (χ0) is 18.9. The second-order valence-electron chi connectivity index (χ2n) is 5.77. The number of hydrogen-bond donors (Lipinski definition) is 0. The Bertz CT molecular complexity index is 651. The number of hydrogen-bond acceptors (Lipinski definition) is 6. The van der Waals surface area contributed by atoms with Crippen LogP contribution in [0, 0.1) is 0 Å². The predicted octanol–water partition coefficient (Wildman–Crippen LogP) is 1.90. The van der Waals surface area contributed by atoms with Crippen LogP contribution in [0.5, 0.6) is 11.5 Å². The van der Waals surface area contributed by atoms with Crippen molar-refractivity contribution in [2.75, 3.05) is 40.0 Å². The van der Waals surface area contributed by atoms with E-state index >= 15 is 0 Å². The molecule has 1 aromatic carbocycles. The summed E-state index contributed by atoms with van der Waals surface area (Å²) in [6, 6.07) is 5.39. The lowest BCUT2D eigenvalue weighted by molar-refractivity contribution is -0.162. The summed E-state index contributed by atoms with van der Waals surface area (Å²) in [4.78, 5) is 25.9. The van der Waals surface area contributed by atoms with Crippen LogP contribution < -0.4 is 9.47 Å². The Balaban J connectivity index is 1.87. The fourth-order valence-corrected chi connectivity index (χ4v) is 2.56. The van der Waals surface area contributed by atoms with Crippen molar-refractivity contribution >= 4 is 18.0 Å². The van der Waals surface area contributed by atoms with Crippen LogP contribution in [0.3, 0.4) is 0 Å². The molecule has 0 unspecified atom stereocenters. The number of benzene rings is 1. The van der Waals surface area contributed by atoms with Gasteiger partial charge in [0.15, 0.2) is 24.2 Å². The lowest BCUT2D eigenvalue weighted by Gasteiger charge is -2.28. The van der Waals surface area contributed by atoms with E-state index in [1.807, 2.05) is 31.2 Å². The van der Waals surface area contributed by atoms with Crippen molar-refractivity contribution in [2.45, 2.75) is 20.0 Å². The molecule has 1 saturated heterocycles. The molecule has 0 N–H and O–H groups in total. The van der Waals surface area contributed by atoms with Gasteiger partial charge in [0.25, 0.3) is 5.91 Å². The lowest BCUT2D eigenvalue weighted by Crippen LogP contribution is -2.46.